The van der Waals surface area contributed by atoms with Crippen LogP contribution in [0.15, 0.2) is 117 Å². The van der Waals surface area contributed by atoms with E-state index in [1.165, 1.54) is 4.90 Å². The average molecular weight is 463 g/mol. The standard InChI is InChI=1S/C26H22O2S3/c1-2-30-24-13-5-20(6-14-24)28-22-9-17-26(18-10-22)31-25-15-7-21(8-16-25)27-19-3-11-23(29)12-4-19/h3-18,29H,2H2,1H3. The second-order valence-electron chi connectivity index (χ2n) is 6.65. The summed E-state index contributed by atoms with van der Waals surface area (Å²) in [6, 6.07) is 32.1. The Bertz CT molecular complexity index is 1090. The Morgan fingerprint density at radius 3 is 1.29 bits per heavy atom. The zero-order valence-corrected chi connectivity index (χ0v) is 19.6. The third-order valence-corrected chi connectivity index (χ3v) is 6.53. The fourth-order valence-corrected chi connectivity index (χ4v) is 4.47. The third kappa shape index (κ3) is 6.50. The Morgan fingerprint density at radius 1 is 0.548 bits per heavy atom. The van der Waals surface area contributed by atoms with Crippen LogP contribution in [0.25, 0.3) is 0 Å². The van der Waals surface area contributed by atoms with Crippen LogP contribution < -0.4 is 9.47 Å². The SMILES string of the molecule is CCSc1ccc(Oc2ccc(Sc3ccc(Oc4ccc(S)cc4)cc3)cc2)cc1. The molecule has 0 aliphatic carbocycles. The first-order valence-electron chi connectivity index (χ1n) is 9.93. The van der Waals surface area contributed by atoms with Crippen molar-refractivity contribution in [3.05, 3.63) is 97.1 Å². The highest BCUT2D eigenvalue weighted by Crippen LogP contribution is 2.32. The Balaban J connectivity index is 1.33. The van der Waals surface area contributed by atoms with Gasteiger partial charge in [0.05, 0.1) is 0 Å². The highest BCUT2D eigenvalue weighted by Gasteiger charge is 2.03. The predicted octanol–water partition coefficient (Wildman–Crippen LogP) is 8.82. The van der Waals surface area contributed by atoms with Crippen molar-refractivity contribution in [2.75, 3.05) is 5.75 Å². The molecule has 0 fully saturated rings. The number of benzene rings is 4. The lowest BCUT2D eigenvalue weighted by molar-refractivity contribution is 0.481. The molecular formula is C26H22O2S3. The molecule has 5 heteroatoms. The molecule has 0 heterocycles. The van der Waals surface area contributed by atoms with E-state index < -0.39 is 0 Å². The van der Waals surface area contributed by atoms with Crippen LogP contribution in [0.1, 0.15) is 6.92 Å². The van der Waals surface area contributed by atoms with Crippen molar-refractivity contribution < 1.29 is 9.47 Å². The molecule has 31 heavy (non-hydrogen) atoms. The van der Waals surface area contributed by atoms with Gasteiger partial charge in [0.1, 0.15) is 23.0 Å². The first-order valence-corrected chi connectivity index (χ1v) is 12.2. The van der Waals surface area contributed by atoms with Crippen LogP contribution in [0.3, 0.4) is 0 Å². The summed E-state index contributed by atoms with van der Waals surface area (Å²) >= 11 is 7.82. The zero-order valence-electron chi connectivity index (χ0n) is 17.0. The number of thioether (sulfide) groups is 1. The summed E-state index contributed by atoms with van der Waals surface area (Å²) in [4.78, 5) is 4.48. The van der Waals surface area contributed by atoms with Gasteiger partial charge in [-0.15, -0.1) is 24.4 Å². The molecule has 0 atom stereocenters. The van der Waals surface area contributed by atoms with Crippen LogP contribution in [0.2, 0.25) is 0 Å². The summed E-state index contributed by atoms with van der Waals surface area (Å²) < 4.78 is 11.8. The molecule has 0 unspecified atom stereocenters. The summed E-state index contributed by atoms with van der Waals surface area (Å²) in [5.74, 6) is 4.35. The minimum atomic E-state index is 0.799. The van der Waals surface area contributed by atoms with Crippen molar-refractivity contribution in [2.45, 2.75) is 26.5 Å². The lowest BCUT2D eigenvalue weighted by Gasteiger charge is -2.09. The molecule has 0 radical (unpaired) electrons. The molecule has 0 spiro atoms. The van der Waals surface area contributed by atoms with Crippen LogP contribution in [0, 0.1) is 0 Å². The second kappa shape index (κ2) is 10.7. The Hall–Kier alpha value is -2.47. The molecule has 4 aromatic carbocycles. The maximum absolute atomic E-state index is 5.96. The molecule has 156 valence electrons. The first-order chi connectivity index (χ1) is 15.2. The van der Waals surface area contributed by atoms with Gasteiger partial charge in [0.15, 0.2) is 0 Å². The van der Waals surface area contributed by atoms with E-state index in [2.05, 4.69) is 56.0 Å². The smallest absolute Gasteiger partial charge is 0.127 e. The lowest BCUT2D eigenvalue weighted by atomic mass is 10.3. The van der Waals surface area contributed by atoms with Crippen LogP contribution in [0.4, 0.5) is 0 Å². The van der Waals surface area contributed by atoms with Crippen molar-refractivity contribution >= 4 is 36.2 Å². The molecule has 4 aromatic rings. The molecule has 0 amide bonds. The Labute approximate surface area is 197 Å². The van der Waals surface area contributed by atoms with E-state index in [1.54, 1.807) is 11.8 Å². The van der Waals surface area contributed by atoms with E-state index in [-0.39, 0.29) is 0 Å². The van der Waals surface area contributed by atoms with E-state index in [0.717, 1.165) is 43.4 Å². The molecule has 0 aliphatic rings. The van der Waals surface area contributed by atoms with Gasteiger partial charge in [-0.3, -0.25) is 0 Å². The van der Waals surface area contributed by atoms with Gasteiger partial charge in [-0.1, -0.05) is 18.7 Å². The van der Waals surface area contributed by atoms with E-state index in [1.807, 2.05) is 72.4 Å². The van der Waals surface area contributed by atoms with Gasteiger partial charge < -0.3 is 9.47 Å². The van der Waals surface area contributed by atoms with Crippen LogP contribution >= 0.6 is 36.2 Å². The summed E-state index contributed by atoms with van der Waals surface area (Å²) in [6.07, 6.45) is 0. The average Bonchev–Trinajstić information content (AvgIpc) is 2.79. The van der Waals surface area contributed by atoms with Crippen LogP contribution in [-0.4, -0.2) is 5.75 Å². The highest BCUT2D eigenvalue weighted by molar-refractivity contribution is 7.99. The van der Waals surface area contributed by atoms with Gasteiger partial charge in [0.2, 0.25) is 0 Å². The number of hydrogen-bond donors (Lipinski definition) is 1. The fourth-order valence-electron chi connectivity index (χ4n) is 2.84. The molecule has 0 aliphatic heterocycles. The van der Waals surface area contributed by atoms with E-state index in [4.69, 9.17) is 9.47 Å². The minimum absolute atomic E-state index is 0.799. The molecule has 0 saturated carbocycles. The first kappa shape index (κ1) is 21.8. The van der Waals surface area contributed by atoms with Crippen LogP contribution in [-0.2, 0) is 0 Å². The zero-order chi connectivity index (χ0) is 21.5. The van der Waals surface area contributed by atoms with Crippen molar-refractivity contribution in [1.82, 2.24) is 0 Å². The topological polar surface area (TPSA) is 18.5 Å². The third-order valence-electron chi connectivity index (χ3n) is 4.33. The van der Waals surface area contributed by atoms with Crippen molar-refractivity contribution in [1.29, 1.82) is 0 Å². The number of thiol groups is 1. The number of ether oxygens (including phenoxy) is 2. The number of rotatable bonds is 8. The van der Waals surface area contributed by atoms with Gasteiger partial charge in [-0.2, -0.15) is 0 Å². The van der Waals surface area contributed by atoms with Crippen molar-refractivity contribution in [3.8, 4) is 23.0 Å². The molecular weight excluding hydrogens is 440 g/mol. The predicted molar refractivity (Wildman–Crippen MR) is 134 cm³/mol. The quantitative estimate of drug-likeness (QED) is 0.208. The maximum Gasteiger partial charge on any atom is 0.127 e. The van der Waals surface area contributed by atoms with Gasteiger partial charge in [-0.05, 0) is 103 Å². The Morgan fingerprint density at radius 2 is 0.903 bits per heavy atom. The summed E-state index contributed by atoms with van der Waals surface area (Å²) in [6.45, 7) is 2.15. The number of hydrogen-bond acceptors (Lipinski definition) is 5. The minimum Gasteiger partial charge on any atom is -0.457 e. The normalized spacial score (nSPS) is 10.6. The van der Waals surface area contributed by atoms with E-state index >= 15 is 0 Å². The van der Waals surface area contributed by atoms with Gasteiger partial charge in [0, 0.05) is 19.6 Å². The highest BCUT2D eigenvalue weighted by atomic mass is 32.2. The van der Waals surface area contributed by atoms with E-state index in [0.29, 0.717) is 0 Å². The van der Waals surface area contributed by atoms with E-state index in [9.17, 15) is 0 Å². The molecule has 0 bridgehead atoms. The molecule has 0 N–H and O–H groups in total. The molecule has 4 rings (SSSR count). The summed E-state index contributed by atoms with van der Waals surface area (Å²) in [5, 5.41) is 0. The molecule has 0 saturated heterocycles. The summed E-state index contributed by atoms with van der Waals surface area (Å²) in [7, 11) is 0. The largest absolute Gasteiger partial charge is 0.457 e. The fraction of sp³-hybridized carbons (Fsp3) is 0.0769. The van der Waals surface area contributed by atoms with Crippen molar-refractivity contribution in [2.24, 2.45) is 0 Å². The second-order valence-corrected chi connectivity index (χ2v) is 9.65. The summed E-state index contributed by atoms with van der Waals surface area (Å²) in [5.41, 5.74) is 0. The lowest BCUT2D eigenvalue weighted by Crippen LogP contribution is -1.85. The van der Waals surface area contributed by atoms with Crippen molar-refractivity contribution in [3.63, 3.8) is 0 Å². The van der Waals surface area contributed by atoms with Gasteiger partial charge in [-0.25, -0.2) is 0 Å². The van der Waals surface area contributed by atoms with Gasteiger partial charge >= 0.3 is 0 Å². The molecule has 0 aromatic heterocycles. The Kier molecular flexibility index (Phi) is 7.52. The van der Waals surface area contributed by atoms with Crippen LogP contribution in [0.5, 0.6) is 23.0 Å². The molecule has 2 nitrogen and oxygen atoms in total. The monoisotopic (exact) mass is 462 g/mol. The maximum atomic E-state index is 5.96. The van der Waals surface area contributed by atoms with Gasteiger partial charge in [0.25, 0.3) is 0 Å².